The summed E-state index contributed by atoms with van der Waals surface area (Å²) in [5, 5.41) is 6.77. The van der Waals surface area contributed by atoms with Crippen LogP contribution in [0.3, 0.4) is 0 Å². The fraction of sp³-hybridized carbons (Fsp3) is 0.588. The first kappa shape index (κ1) is 20.7. The minimum Gasteiger partial charge on any atom is -0.380 e. The second kappa shape index (κ2) is 10.5. The standard InChI is InChI=1S/C17H26BrN3O.HI/c1-3-22-12-11-20-16(19-2)21-13-17(9-4-10-17)14-5-7-15(18)8-6-14;/h5-8H,3-4,9-13H2,1-2H3,(H2,19,20,21);1H. The van der Waals surface area contributed by atoms with Crippen molar-refractivity contribution in [3.63, 3.8) is 0 Å². The van der Waals surface area contributed by atoms with Crippen molar-refractivity contribution in [1.29, 1.82) is 0 Å². The highest BCUT2D eigenvalue weighted by molar-refractivity contribution is 14.0. The molecule has 0 amide bonds. The molecule has 6 heteroatoms. The quantitative estimate of drug-likeness (QED) is 0.262. The van der Waals surface area contributed by atoms with Crippen LogP contribution >= 0.6 is 39.9 Å². The number of aliphatic imine (C=N–C) groups is 1. The Balaban J connectivity index is 0.00000264. The lowest BCUT2D eigenvalue weighted by molar-refractivity contribution is 0.152. The van der Waals surface area contributed by atoms with Crippen molar-refractivity contribution in [2.24, 2.45) is 4.99 Å². The molecule has 0 heterocycles. The van der Waals surface area contributed by atoms with Crippen molar-refractivity contribution in [3.8, 4) is 0 Å². The van der Waals surface area contributed by atoms with Gasteiger partial charge in [0.25, 0.3) is 0 Å². The van der Waals surface area contributed by atoms with E-state index in [1.807, 2.05) is 14.0 Å². The average molecular weight is 496 g/mol. The van der Waals surface area contributed by atoms with Crippen LogP contribution in [0, 0.1) is 0 Å². The van der Waals surface area contributed by atoms with Crippen molar-refractivity contribution in [2.45, 2.75) is 31.6 Å². The van der Waals surface area contributed by atoms with E-state index in [0.29, 0.717) is 6.61 Å². The predicted molar refractivity (Wildman–Crippen MR) is 111 cm³/mol. The molecule has 0 atom stereocenters. The number of hydrogen-bond donors (Lipinski definition) is 2. The van der Waals surface area contributed by atoms with Gasteiger partial charge in [0.05, 0.1) is 6.61 Å². The van der Waals surface area contributed by atoms with Gasteiger partial charge in [-0.3, -0.25) is 4.99 Å². The van der Waals surface area contributed by atoms with Gasteiger partial charge in [0, 0.05) is 36.6 Å². The third kappa shape index (κ3) is 5.90. The fourth-order valence-electron chi connectivity index (χ4n) is 2.83. The SMILES string of the molecule is CCOCCNC(=NC)NCC1(c2ccc(Br)cc2)CCC1.I. The molecule has 0 spiro atoms. The molecule has 0 aromatic heterocycles. The molecule has 1 aromatic rings. The van der Waals surface area contributed by atoms with Gasteiger partial charge < -0.3 is 15.4 Å². The molecule has 0 bridgehead atoms. The molecule has 0 saturated heterocycles. The van der Waals surface area contributed by atoms with Crippen molar-refractivity contribution in [3.05, 3.63) is 34.3 Å². The molecule has 0 unspecified atom stereocenters. The lowest BCUT2D eigenvalue weighted by atomic mass is 9.64. The first-order valence-corrected chi connectivity index (χ1v) is 8.78. The van der Waals surface area contributed by atoms with Crippen LogP contribution in [0.25, 0.3) is 0 Å². The molecule has 23 heavy (non-hydrogen) atoms. The van der Waals surface area contributed by atoms with Crippen LogP contribution in [-0.2, 0) is 10.2 Å². The van der Waals surface area contributed by atoms with Gasteiger partial charge in [-0.25, -0.2) is 0 Å². The number of halogens is 2. The zero-order valence-corrected chi connectivity index (χ0v) is 17.8. The van der Waals surface area contributed by atoms with Crippen LogP contribution in [-0.4, -0.2) is 39.3 Å². The van der Waals surface area contributed by atoms with Crippen molar-refractivity contribution in [1.82, 2.24) is 10.6 Å². The Labute approximate surface area is 165 Å². The maximum atomic E-state index is 5.34. The van der Waals surface area contributed by atoms with Gasteiger partial charge in [0.2, 0.25) is 0 Å². The van der Waals surface area contributed by atoms with E-state index in [0.717, 1.165) is 30.1 Å². The highest BCUT2D eigenvalue weighted by Gasteiger charge is 2.38. The summed E-state index contributed by atoms with van der Waals surface area (Å²) in [5.41, 5.74) is 1.66. The molecule has 2 rings (SSSR count). The van der Waals surface area contributed by atoms with Crippen molar-refractivity contribution < 1.29 is 4.74 Å². The highest BCUT2D eigenvalue weighted by atomic mass is 127. The summed E-state index contributed by atoms with van der Waals surface area (Å²) in [7, 11) is 1.81. The summed E-state index contributed by atoms with van der Waals surface area (Å²) in [4.78, 5) is 4.29. The lowest BCUT2D eigenvalue weighted by Crippen LogP contribution is -2.49. The Kier molecular flexibility index (Phi) is 9.46. The summed E-state index contributed by atoms with van der Waals surface area (Å²) in [6.45, 7) is 5.16. The van der Waals surface area contributed by atoms with Gasteiger partial charge in [-0.1, -0.05) is 34.5 Å². The number of nitrogens with zero attached hydrogens (tertiary/aromatic N) is 1. The number of rotatable bonds is 7. The Morgan fingerprint density at radius 2 is 1.96 bits per heavy atom. The third-order valence-corrected chi connectivity index (χ3v) is 4.86. The Morgan fingerprint density at radius 1 is 1.26 bits per heavy atom. The summed E-state index contributed by atoms with van der Waals surface area (Å²) < 4.78 is 6.47. The van der Waals surface area contributed by atoms with Gasteiger partial charge in [0.1, 0.15) is 0 Å². The summed E-state index contributed by atoms with van der Waals surface area (Å²) in [5.74, 6) is 0.850. The molecular formula is C17H27BrIN3O. The third-order valence-electron chi connectivity index (χ3n) is 4.33. The van der Waals surface area contributed by atoms with Crippen molar-refractivity contribution >= 4 is 45.9 Å². The Morgan fingerprint density at radius 3 is 2.48 bits per heavy atom. The van der Waals surface area contributed by atoms with E-state index in [-0.39, 0.29) is 29.4 Å². The number of hydrogen-bond acceptors (Lipinski definition) is 2. The first-order chi connectivity index (χ1) is 10.7. The van der Waals surface area contributed by atoms with Crippen LogP contribution in [0.15, 0.2) is 33.7 Å². The van der Waals surface area contributed by atoms with Gasteiger partial charge in [-0.2, -0.15) is 0 Å². The van der Waals surface area contributed by atoms with Gasteiger partial charge in [-0.05, 0) is 37.5 Å². The molecule has 1 fully saturated rings. The van der Waals surface area contributed by atoms with Gasteiger partial charge >= 0.3 is 0 Å². The monoisotopic (exact) mass is 495 g/mol. The number of benzene rings is 1. The first-order valence-electron chi connectivity index (χ1n) is 7.98. The summed E-state index contributed by atoms with van der Waals surface area (Å²) in [6, 6.07) is 8.72. The van der Waals surface area contributed by atoms with Crippen LogP contribution in [0.5, 0.6) is 0 Å². The van der Waals surface area contributed by atoms with Crippen LogP contribution in [0.1, 0.15) is 31.7 Å². The van der Waals surface area contributed by atoms with Gasteiger partial charge in [-0.15, -0.1) is 24.0 Å². The second-order valence-corrected chi connectivity index (χ2v) is 6.61. The summed E-state index contributed by atoms with van der Waals surface area (Å²) in [6.07, 6.45) is 3.77. The molecule has 1 aliphatic carbocycles. The molecule has 0 aliphatic heterocycles. The number of nitrogens with one attached hydrogen (secondary N) is 2. The van der Waals surface area contributed by atoms with E-state index >= 15 is 0 Å². The topological polar surface area (TPSA) is 45.6 Å². The van der Waals surface area contributed by atoms with Crippen molar-refractivity contribution in [2.75, 3.05) is 33.4 Å². The highest BCUT2D eigenvalue weighted by Crippen LogP contribution is 2.43. The molecule has 2 N–H and O–H groups in total. The molecule has 1 saturated carbocycles. The van der Waals surface area contributed by atoms with E-state index < -0.39 is 0 Å². The van der Waals surface area contributed by atoms with Gasteiger partial charge in [0.15, 0.2) is 5.96 Å². The summed E-state index contributed by atoms with van der Waals surface area (Å²) >= 11 is 3.51. The molecular weight excluding hydrogens is 469 g/mol. The number of ether oxygens (including phenoxy) is 1. The molecule has 0 radical (unpaired) electrons. The number of guanidine groups is 1. The fourth-order valence-corrected chi connectivity index (χ4v) is 3.10. The maximum absolute atomic E-state index is 5.34. The van der Waals surface area contributed by atoms with E-state index in [1.165, 1.54) is 24.8 Å². The van der Waals surface area contributed by atoms with E-state index in [9.17, 15) is 0 Å². The predicted octanol–water partition coefficient (Wildman–Crippen LogP) is 3.69. The lowest BCUT2D eigenvalue weighted by Gasteiger charge is -2.43. The minimum absolute atomic E-state index is 0. The zero-order valence-electron chi connectivity index (χ0n) is 13.9. The van der Waals surface area contributed by atoms with Crippen LogP contribution in [0.4, 0.5) is 0 Å². The zero-order chi connectivity index (χ0) is 15.8. The Hall–Kier alpha value is -0.340. The smallest absolute Gasteiger partial charge is 0.191 e. The van der Waals surface area contributed by atoms with E-state index in [2.05, 4.69) is 55.8 Å². The van der Waals surface area contributed by atoms with E-state index in [1.54, 1.807) is 0 Å². The maximum Gasteiger partial charge on any atom is 0.191 e. The van der Waals surface area contributed by atoms with Crippen LogP contribution in [0.2, 0.25) is 0 Å². The molecule has 130 valence electrons. The second-order valence-electron chi connectivity index (χ2n) is 5.69. The average Bonchev–Trinajstić information content (AvgIpc) is 2.49. The Bertz CT molecular complexity index is 489. The molecule has 1 aromatic carbocycles. The van der Waals surface area contributed by atoms with Crippen LogP contribution < -0.4 is 10.6 Å². The normalized spacial score (nSPS) is 16.2. The minimum atomic E-state index is 0. The molecule has 4 nitrogen and oxygen atoms in total. The van der Waals surface area contributed by atoms with E-state index in [4.69, 9.17) is 4.74 Å². The molecule has 1 aliphatic rings. The largest absolute Gasteiger partial charge is 0.380 e.